The zero-order chi connectivity index (χ0) is 16.1. The predicted molar refractivity (Wildman–Crippen MR) is 83.8 cm³/mol. The Labute approximate surface area is 131 Å². The lowest BCUT2D eigenvalue weighted by Gasteiger charge is -2.35. The van der Waals surface area contributed by atoms with Gasteiger partial charge in [0.25, 0.3) is 0 Å². The van der Waals surface area contributed by atoms with Gasteiger partial charge in [-0.2, -0.15) is 0 Å². The van der Waals surface area contributed by atoms with Crippen LogP contribution in [0, 0.1) is 0 Å². The van der Waals surface area contributed by atoms with Gasteiger partial charge in [0.1, 0.15) is 0 Å². The van der Waals surface area contributed by atoms with Gasteiger partial charge in [0.05, 0.1) is 18.3 Å². The van der Waals surface area contributed by atoms with E-state index < -0.39 is 0 Å². The third kappa shape index (κ3) is 4.59. The second kappa shape index (κ2) is 7.45. The molecule has 1 aliphatic heterocycles. The van der Waals surface area contributed by atoms with Gasteiger partial charge in [0.15, 0.2) is 0 Å². The van der Waals surface area contributed by atoms with Crippen LogP contribution in [0.3, 0.4) is 0 Å². The van der Waals surface area contributed by atoms with Gasteiger partial charge >= 0.3 is 6.03 Å². The molecule has 0 aromatic carbocycles. The van der Waals surface area contributed by atoms with Crippen molar-refractivity contribution in [2.75, 3.05) is 13.1 Å². The molecule has 2 heterocycles. The number of amides is 2. The molecule has 6 nitrogen and oxygen atoms in total. The minimum absolute atomic E-state index is 0.0466. The molecule has 0 aliphatic carbocycles. The number of nitrogens with one attached hydrogen (secondary N) is 1. The van der Waals surface area contributed by atoms with Crippen LogP contribution in [0.1, 0.15) is 33.3 Å². The average Bonchev–Trinajstić information content (AvgIpc) is 2.44. The van der Waals surface area contributed by atoms with E-state index in [9.17, 15) is 4.79 Å². The summed E-state index contributed by atoms with van der Waals surface area (Å²) in [5.41, 5.74) is 0.874. The monoisotopic (exact) mass is 307 g/mol. The fraction of sp³-hybridized carbons (Fsp3) is 0.625. The average molecular weight is 307 g/mol. The third-order valence-electron chi connectivity index (χ3n) is 3.33. The molecule has 0 radical (unpaired) electrons. The van der Waals surface area contributed by atoms with Crippen LogP contribution < -0.4 is 10.1 Å². The van der Waals surface area contributed by atoms with E-state index in [1.807, 2.05) is 39.8 Å². The van der Waals surface area contributed by atoms with Gasteiger partial charge in [0.2, 0.25) is 5.88 Å². The van der Waals surface area contributed by atoms with E-state index in [1.165, 1.54) is 0 Å². The highest BCUT2D eigenvalue weighted by molar-refractivity contribution is 5.74. The molecule has 1 N–H and O–H groups in total. The van der Waals surface area contributed by atoms with Crippen LogP contribution in [0.25, 0.3) is 0 Å². The van der Waals surface area contributed by atoms with Crippen LogP contribution in [0.5, 0.6) is 5.88 Å². The number of hydrogen-bond acceptors (Lipinski definition) is 4. The Morgan fingerprint density at radius 2 is 2.14 bits per heavy atom. The standard InChI is InChI=1S/C16H25N3O3/c1-11(2)21-15-14(6-5-7-17-15)8-18-16(20)19-9-12(3)22-13(4)10-19/h5-7,11-13H,8-10H2,1-4H3,(H,18,20). The highest BCUT2D eigenvalue weighted by atomic mass is 16.5. The maximum atomic E-state index is 12.3. The predicted octanol–water partition coefficient (Wildman–Crippen LogP) is 2.19. The number of aromatic nitrogens is 1. The first-order valence-corrected chi connectivity index (χ1v) is 7.74. The van der Waals surface area contributed by atoms with Gasteiger partial charge in [-0.1, -0.05) is 6.07 Å². The second-order valence-corrected chi connectivity index (χ2v) is 5.96. The summed E-state index contributed by atoms with van der Waals surface area (Å²) in [6.07, 6.45) is 1.86. The lowest BCUT2D eigenvalue weighted by molar-refractivity contribution is -0.0545. The Kier molecular flexibility index (Phi) is 5.60. The minimum atomic E-state index is -0.0821. The lowest BCUT2D eigenvalue weighted by atomic mass is 10.2. The normalized spacial score (nSPS) is 21.8. The molecule has 1 fully saturated rings. The summed E-state index contributed by atoms with van der Waals surface area (Å²) < 4.78 is 11.3. The summed E-state index contributed by atoms with van der Waals surface area (Å²) in [7, 11) is 0. The lowest BCUT2D eigenvalue weighted by Crippen LogP contribution is -2.51. The van der Waals surface area contributed by atoms with Gasteiger partial charge in [0, 0.05) is 31.4 Å². The van der Waals surface area contributed by atoms with Crippen LogP contribution in [-0.2, 0) is 11.3 Å². The Bertz CT molecular complexity index is 497. The van der Waals surface area contributed by atoms with Crippen LogP contribution in [0.2, 0.25) is 0 Å². The van der Waals surface area contributed by atoms with Crippen molar-refractivity contribution in [2.45, 2.75) is 52.6 Å². The summed E-state index contributed by atoms with van der Waals surface area (Å²) >= 11 is 0. The largest absolute Gasteiger partial charge is 0.475 e. The molecule has 122 valence electrons. The van der Waals surface area contributed by atoms with Gasteiger partial charge in [-0.15, -0.1) is 0 Å². The highest BCUT2D eigenvalue weighted by Gasteiger charge is 2.25. The van der Waals surface area contributed by atoms with E-state index >= 15 is 0 Å². The fourth-order valence-electron chi connectivity index (χ4n) is 2.51. The Hall–Kier alpha value is -1.82. The van der Waals surface area contributed by atoms with Crippen molar-refractivity contribution in [2.24, 2.45) is 0 Å². The fourth-order valence-corrected chi connectivity index (χ4v) is 2.51. The van der Waals surface area contributed by atoms with Crippen LogP contribution in [-0.4, -0.2) is 47.3 Å². The molecule has 0 spiro atoms. The molecular weight excluding hydrogens is 282 g/mol. The molecule has 1 saturated heterocycles. The number of pyridine rings is 1. The van der Waals surface area contributed by atoms with E-state index in [2.05, 4.69) is 10.3 Å². The van der Waals surface area contributed by atoms with Crippen LogP contribution >= 0.6 is 0 Å². The van der Waals surface area contributed by atoms with Gasteiger partial charge < -0.3 is 19.7 Å². The van der Waals surface area contributed by atoms with E-state index in [0.29, 0.717) is 25.5 Å². The molecule has 2 rings (SSSR count). The SMILES string of the molecule is CC(C)Oc1ncccc1CNC(=O)N1CC(C)OC(C)C1. The van der Waals surface area contributed by atoms with E-state index in [1.54, 1.807) is 11.1 Å². The molecule has 22 heavy (non-hydrogen) atoms. The quantitative estimate of drug-likeness (QED) is 0.926. The van der Waals surface area contributed by atoms with E-state index in [4.69, 9.17) is 9.47 Å². The number of ether oxygens (including phenoxy) is 2. The Morgan fingerprint density at radius 3 is 2.77 bits per heavy atom. The van der Waals surface area contributed by atoms with Crippen molar-refractivity contribution >= 4 is 6.03 Å². The number of morpholine rings is 1. The minimum Gasteiger partial charge on any atom is -0.475 e. The first-order chi connectivity index (χ1) is 10.5. The molecule has 1 aromatic heterocycles. The summed E-state index contributed by atoms with van der Waals surface area (Å²) in [5, 5.41) is 2.93. The smallest absolute Gasteiger partial charge is 0.317 e. The van der Waals surface area contributed by atoms with Crippen molar-refractivity contribution in [3.63, 3.8) is 0 Å². The molecule has 6 heteroatoms. The number of nitrogens with zero attached hydrogens (tertiary/aromatic N) is 2. The molecule has 2 amide bonds. The maximum absolute atomic E-state index is 12.3. The number of carbonyl (C=O) groups is 1. The topological polar surface area (TPSA) is 63.7 Å². The Balaban J connectivity index is 1.93. The first kappa shape index (κ1) is 16.5. The molecule has 2 unspecified atom stereocenters. The van der Waals surface area contributed by atoms with Crippen molar-refractivity contribution in [1.82, 2.24) is 15.2 Å². The maximum Gasteiger partial charge on any atom is 0.317 e. The van der Waals surface area contributed by atoms with Crippen molar-refractivity contribution in [1.29, 1.82) is 0 Å². The van der Waals surface area contributed by atoms with E-state index in [0.717, 1.165) is 5.56 Å². The van der Waals surface area contributed by atoms with Crippen molar-refractivity contribution in [3.05, 3.63) is 23.9 Å². The molecular formula is C16H25N3O3. The highest BCUT2D eigenvalue weighted by Crippen LogP contribution is 2.16. The number of urea groups is 1. The molecule has 0 bridgehead atoms. The molecule has 0 saturated carbocycles. The summed E-state index contributed by atoms with van der Waals surface area (Å²) in [5.74, 6) is 0.571. The summed E-state index contributed by atoms with van der Waals surface area (Å²) in [4.78, 5) is 18.3. The van der Waals surface area contributed by atoms with Gasteiger partial charge in [-0.05, 0) is 33.8 Å². The zero-order valence-corrected chi connectivity index (χ0v) is 13.7. The first-order valence-electron chi connectivity index (χ1n) is 7.74. The number of rotatable bonds is 4. The number of carbonyl (C=O) groups excluding carboxylic acids is 1. The summed E-state index contributed by atoms with van der Waals surface area (Å²) in [6.45, 7) is 9.48. The molecule has 2 atom stereocenters. The Morgan fingerprint density at radius 1 is 1.45 bits per heavy atom. The third-order valence-corrected chi connectivity index (χ3v) is 3.33. The van der Waals surface area contributed by atoms with Gasteiger partial charge in [-0.25, -0.2) is 9.78 Å². The molecule has 1 aromatic rings. The zero-order valence-electron chi connectivity index (χ0n) is 13.7. The van der Waals surface area contributed by atoms with Crippen LogP contribution in [0.4, 0.5) is 4.79 Å². The summed E-state index contributed by atoms with van der Waals surface area (Å²) in [6, 6.07) is 3.67. The van der Waals surface area contributed by atoms with E-state index in [-0.39, 0.29) is 24.3 Å². The number of hydrogen-bond donors (Lipinski definition) is 1. The van der Waals surface area contributed by atoms with Crippen LogP contribution in [0.15, 0.2) is 18.3 Å². The van der Waals surface area contributed by atoms with Crippen molar-refractivity contribution in [3.8, 4) is 5.88 Å². The van der Waals surface area contributed by atoms with Crippen molar-refractivity contribution < 1.29 is 14.3 Å². The second-order valence-electron chi connectivity index (χ2n) is 5.96. The molecule has 1 aliphatic rings. The van der Waals surface area contributed by atoms with Gasteiger partial charge in [-0.3, -0.25) is 0 Å².